The largest absolute Gasteiger partial charge is 1.00 e. The van der Waals surface area contributed by atoms with Gasteiger partial charge in [0.1, 0.15) is 30.5 Å². The zero-order valence-corrected chi connectivity index (χ0v) is 46.5. The number of nitrogens with zero attached hydrogens (tertiary/aromatic N) is 1. The van der Waals surface area contributed by atoms with Gasteiger partial charge in [0.2, 0.25) is 10.4 Å². The van der Waals surface area contributed by atoms with E-state index in [4.69, 9.17) is 14.2 Å². The Hall–Kier alpha value is -0.520. The van der Waals surface area contributed by atoms with Crippen LogP contribution in [0.3, 0.4) is 0 Å². The molecule has 0 spiro atoms. The van der Waals surface area contributed by atoms with Gasteiger partial charge in [0.25, 0.3) is 0 Å². The molecular formula is C47H79NNa2O15S2. The van der Waals surface area contributed by atoms with Crippen molar-refractivity contribution in [1.29, 1.82) is 0 Å². The average Bonchev–Trinajstić information content (AvgIpc) is 3.26. The second kappa shape index (κ2) is 40.0. The molecule has 1 aromatic rings. The molecule has 0 aliphatic carbocycles. The normalized spacial score (nSPS) is 20.0. The molecule has 0 bridgehead atoms. The first-order valence-corrected chi connectivity index (χ1v) is 26.9. The SMILES string of the molecule is CCCCCCCCCCCCC/C=C/[C@@H](OC(=O)c1ccccc1)[C@H](CO[C@@H]1O[C@H](CO)[C@H](O)[C@H](OS(=O)(=O)[O-])[C@H]1OS(=O)(=O)O)N=C([O-])CCCCCCCCCCCCCCC.[Na+].[Na+]. The number of aliphatic hydroxyl groups is 2. The van der Waals surface area contributed by atoms with Gasteiger partial charge in [-0.2, -0.15) is 8.42 Å². The molecule has 67 heavy (non-hydrogen) atoms. The van der Waals surface area contributed by atoms with Crippen LogP contribution in [-0.2, 0) is 43.4 Å². The van der Waals surface area contributed by atoms with Crippen molar-refractivity contribution >= 4 is 32.7 Å². The van der Waals surface area contributed by atoms with Crippen molar-refractivity contribution < 1.29 is 128 Å². The quantitative estimate of drug-likeness (QED) is 0.0125. The number of rotatable bonds is 39. The summed E-state index contributed by atoms with van der Waals surface area (Å²) in [7, 11) is -11.1. The molecule has 1 aliphatic rings. The topological polar surface area (TPSA) is 251 Å². The van der Waals surface area contributed by atoms with Crippen LogP contribution in [-0.4, -0.2) is 104 Å². The summed E-state index contributed by atoms with van der Waals surface area (Å²) in [5.74, 6) is -1.27. The molecule has 7 atom stereocenters. The van der Waals surface area contributed by atoms with Crippen molar-refractivity contribution in [2.24, 2.45) is 4.99 Å². The maximum absolute atomic E-state index is 13.5. The molecule has 0 amide bonds. The summed E-state index contributed by atoms with van der Waals surface area (Å²) in [5.41, 5.74) is 0.213. The monoisotopic (exact) mass is 1010 g/mol. The number of allylic oxidation sites excluding steroid dienone is 1. The summed E-state index contributed by atoms with van der Waals surface area (Å²) in [6.07, 6.45) is 19.6. The molecule has 0 unspecified atom stereocenters. The molecule has 3 N–H and O–H groups in total. The van der Waals surface area contributed by atoms with Gasteiger partial charge >= 0.3 is 75.5 Å². The minimum absolute atomic E-state index is 0. The minimum atomic E-state index is -5.64. The maximum Gasteiger partial charge on any atom is 1.00 e. The molecule has 0 aromatic heterocycles. The molecule has 1 saturated heterocycles. The Morgan fingerprint density at radius 3 is 1.69 bits per heavy atom. The Morgan fingerprint density at radius 2 is 1.22 bits per heavy atom. The van der Waals surface area contributed by atoms with E-state index in [2.05, 4.69) is 27.2 Å². The van der Waals surface area contributed by atoms with Crippen LogP contribution in [0.2, 0.25) is 0 Å². The van der Waals surface area contributed by atoms with E-state index in [0.29, 0.717) is 12.8 Å². The first kappa shape index (κ1) is 66.5. The molecule has 1 aromatic carbocycles. The van der Waals surface area contributed by atoms with Gasteiger partial charge in [-0.1, -0.05) is 179 Å². The predicted octanol–water partition coefficient (Wildman–Crippen LogP) is 2.21. The number of aliphatic imine (C=N–C) groups is 1. The Bertz CT molecular complexity index is 1680. The Kier molecular flexibility index (Phi) is 39.7. The summed E-state index contributed by atoms with van der Waals surface area (Å²) < 4.78 is 94.6. The summed E-state index contributed by atoms with van der Waals surface area (Å²) in [6.45, 7) is 2.77. The van der Waals surface area contributed by atoms with E-state index < -0.39 is 88.7 Å². The van der Waals surface area contributed by atoms with E-state index in [1.54, 1.807) is 36.4 Å². The number of ether oxygens (including phenoxy) is 3. The van der Waals surface area contributed by atoms with E-state index in [9.17, 15) is 46.1 Å². The third-order valence-corrected chi connectivity index (χ3v) is 12.4. The van der Waals surface area contributed by atoms with Gasteiger partial charge in [-0.05, 0) is 49.8 Å². The van der Waals surface area contributed by atoms with Gasteiger partial charge < -0.3 is 34.1 Å². The molecule has 1 fully saturated rings. The van der Waals surface area contributed by atoms with E-state index in [-0.39, 0.29) is 71.1 Å². The van der Waals surface area contributed by atoms with Crippen LogP contribution in [0.15, 0.2) is 47.5 Å². The van der Waals surface area contributed by atoms with E-state index in [0.717, 1.165) is 51.4 Å². The van der Waals surface area contributed by atoms with Crippen LogP contribution in [0.4, 0.5) is 0 Å². The number of hydrogen-bond donors (Lipinski definition) is 3. The summed E-state index contributed by atoms with van der Waals surface area (Å²) in [5, 5.41) is 34.1. The fourth-order valence-electron chi connectivity index (χ4n) is 7.78. The predicted molar refractivity (Wildman–Crippen MR) is 246 cm³/mol. The third-order valence-electron chi connectivity index (χ3n) is 11.4. The molecule has 16 nitrogen and oxygen atoms in total. The fourth-order valence-corrected chi connectivity index (χ4v) is 8.75. The standard InChI is InChI=1S/C47H81NO15S2.2Na/c1-3-5-7-9-11-13-15-17-19-21-23-25-30-34-40(60-46(52)38-32-28-27-29-33-38)39(48-42(50)35-31-26-24-22-20-18-16-14-12-10-8-6-4-2)37-59-47-45(63-65(56,57)58)44(62-64(53,54)55)43(51)41(36-49)61-47;;/h27-30,32-34,39-41,43-45,47,49,51H,3-26,31,35-37H2,1-2H3,(H,48,50)(H,53,54,55)(H,56,57,58);;/q;2*+1/p-2/b34-30+;;/t39-,40+,41+,43-,44-,45+,47+;;/m0../s1. The van der Waals surface area contributed by atoms with Gasteiger partial charge in [0.05, 0.1) is 18.8 Å². The van der Waals surface area contributed by atoms with Gasteiger partial charge in [-0.15, -0.1) is 0 Å². The summed E-state index contributed by atoms with van der Waals surface area (Å²) >= 11 is 0. The first-order valence-electron chi connectivity index (χ1n) is 24.2. The molecule has 1 aliphatic heterocycles. The van der Waals surface area contributed by atoms with Gasteiger partial charge in [0, 0.05) is 0 Å². The smallest absolute Gasteiger partial charge is 0.862 e. The van der Waals surface area contributed by atoms with Crippen LogP contribution in [0.5, 0.6) is 0 Å². The van der Waals surface area contributed by atoms with Gasteiger partial charge in [-0.25, -0.2) is 17.4 Å². The second-order valence-corrected chi connectivity index (χ2v) is 19.1. The fraction of sp³-hybridized carbons (Fsp3) is 0.787. The first-order chi connectivity index (χ1) is 31.2. The van der Waals surface area contributed by atoms with Crippen molar-refractivity contribution in [2.75, 3.05) is 13.2 Å². The summed E-state index contributed by atoms with van der Waals surface area (Å²) in [6, 6.07) is 6.83. The van der Waals surface area contributed by atoms with Crippen molar-refractivity contribution in [3.05, 3.63) is 48.0 Å². The van der Waals surface area contributed by atoms with Crippen LogP contribution in [0.1, 0.15) is 191 Å². The molecule has 20 heteroatoms. The third kappa shape index (κ3) is 32.2. The van der Waals surface area contributed by atoms with Crippen molar-refractivity contribution in [3.8, 4) is 0 Å². The van der Waals surface area contributed by atoms with Crippen LogP contribution >= 0.6 is 0 Å². The minimum Gasteiger partial charge on any atom is -0.862 e. The van der Waals surface area contributed by atoms with Crippen molar-refractivity contribution in [3.63, 3.8) is 0 Å². The molecule has 0 saturated carbocycles. The number of unbranched alkanes of at least 4 members (excludes halogenated alkanes) is 23. The number of carbonyl (C=O) groups excluding carboxylic acids is 1. The molecule has 1 heterocycles. The van der Waals surface area contributed by atoms with E-state index in [1.165, 1.54) is 96.3 Å². The number of aliphatic hydroxyl groups excluding tert-OH is 2. The molecular weight excluding hydrogens is 929 g/mol. The number of hydrogen-bond acceptors (Lipinski definition) is 15. The number of carbonyl (C=O) groups is 1. The number of esters is 1. The van der Waals surface area contributed by atoms with Gasteiger partial charge in [-0.3, -0.25) is 13.7 Å². The van der Waals surface area contributed by atoms with Gasteiger partial charge in [0.15, 0.2) is 12.4 Å². The van der Waals surface area contributed by atoms with Crippen molar-refractivity contribution in [1.82, 2.24) is 0 Å². The number of benzene rings is 1. The Labute approximate surface area is 446 Å². The second-order valence-electron chi connectivity index (χ2n) is 17.1. The van der Waals surface area contributed by atoms with Crippen LogP contribution in [0.25, 0.3) is 0 Å². The van der Waals surface area contributed by atoms with Crippen molar-refractivity contribution in [2.45, 2.75) is 224 Å². The van der Waals surface area contributed by atoms with Crippen LogP contribution < -0.4 is 64.2 Å². The Morgan fingerprint density at radius 1 is 0.746 bits per heavy atom. The zero-order chi connectivity index (χ0) is 47.8. The maximum atomic E-state index is 13.5. The average molecular weight is 1010 g/mol. The van der Waals surface area contributed by atoms with E-state index in [1.807, 2.05) is 6.08 Å². The molecule has 2 rings (SSSR count). The zero-order valence-electron chi connectivity index (χ0n) is 40.9. The molecule has 0 radical (unpaired) electrons. The van der Waals surface area contributed by atoms with E-state index >= 15 is 0 Å². The molecule has 376 valence electrons. The summed E-state index contributed by atoms with van der Waals surface area (Å²) in [4.78, 5) is 17.9. The Balaban J connectivity index is 0.0000218. The van der Waals surface area contributed by atoms with Crippen LogP contribution in [0, 0.1) is 0 Å².